The topological polar surface area (TPSA) is 69.6 Å². The van der Waals surface area contributed by atoms with Gasteiger partial charge in [0.15, 0.2) is 0 Å². The summed E-state index contributed by atoms with van der Waals surface area (Å²) in [6.07, 6.45) is 3.26. The van der Waals surface area contributed by atoms with Crippen LogP contribution in [-0.4, -0.2) is 19.7 Å². The molecule has 0 saturated carbocycles. The Labute approximate surface area is 170 Å². The van der Waals surface area contributed by atoms with Crippen molar-refractivity contribution in [2.24, 2.45) is 5.73 Å². The van der Waals surface area contributed by atoms with Crippen molar-refractivity contribution in [3.8, 4) is 5.69 Å². The van der Waals surface area contributed by atoms with Gasteiger partial charge in [0.05, 0.1) is 23.1 Å². The standard InChI is InChI=1S/C20H16Cl2FN5/c1-12-4-6-15(23)16(27-12)10-20(22,24)19-18(3-2-8-25-19)28-17-7-5-14(21)9-13(17)11-26-28/h2-9,11H,10,24H2,1H3/t20-/m1/s1. The van der Waals surface area contributed by atoms with Crippen molar-refractivity contribution in [2.45, 2.75) is 18.3 Å². The number of pyridine rings is 2. The molecule has 5 nitrogen and oxygen atoms in total. The minimum Gasteiger partial charge on any atom is -0.307 e. The molecule has 3 aromatic heterocycles. The first kappa shape index (κ1) is 18.8. The summed E-state index contributed by atoms with van der Waals surface area (Å²) in [5, 5.41) is 5.92. The molecule has 0 saturated heterocycles. The Balaban J connectivity index is 1.81. The molecule has 0 aliphatic carbocycles. The van der Waals surface area contributed by atoms with E-state index < -0.39 is 10.8 Å². The Bertz CT molecular complexity index is 1170. The molecule has 28 heavy (non-hydrogen) atoms. The van der Waals surface area contributed by atoms with E-state index in [-0.39, 0.29) is 12.1 Å². The number of hydrogen-bond acceptors (Lipinski definition) is 4. The zero-order chi connectivity index (χ0) is 19.9. The van der Waals surface area contributed by atoms with Gasteiger partial charge in [0, 0.05) is 28.7 Å². The van der Waals surface area contributed by atoms with Crippen LogP contribution in [0.1, 0.15) is 17.1 Å². The summed E-state index contributed by atoms with van der Waals surface area (Å²) in [6.45, 7) is 1.78. The van der Waals surface area contributed by atoms with E-state index in [0.717, 1.165) is 10.9 Å². The van der Waals surface area contributed by atoms with Crippen LogP contribution in [-0.2, 0) is 11.4 Å². The molecular formula is C20H16Cl2FN5. The molecule has 0 aliphatic rings. The Morgan fingerprint density at radius 2 is 2.04 bits per heavy atom. The normalized spacial score (nSPS) is 13.6. The van der Waals surface area contributed by atoms with Gasteiger partial charge in [-0.1, -0.05) is 23.2 Å². The summed E-state index contributed by atoms with van der Waals surface area (Å²) in [7, 11) is 0. The molecule has 0 bridgehead atoms. The number of aryl methyl sites for hydroxylation is 1. The van der Waals surface area contributed by atoms with Gasteiger partial charge < -0.3 is 5.73 Å². The first-order valence-corrected chi connectivity index (χ1v) is 9.30. The summed E-state index contributed by atoms with van der Waals surface area (Å²) in [5.41, 5.74) is 9.07. The summed E-state index contributed by atoms with van der Waals surface area (Å²) in [6, 6.07) is 12.0. The van der Waals surface area contributed by atoms with Gasteiger partial charge >= 0.3 is 0 Å². The van der Waals surface area contributed by atoms with Gasteiger partial charge in [-0.05, 0) is 49.4 Å². The number of rotatable bonds is 4. The van der Waals surface area contributed by atoms with Crippen LogP contribution in [0.3, 0.4) is 0 Å². The van der Waals surface area contributed by atoms with Crippen molar-refractivity contribution >= 4 is 34.1 Å². The van der Waals surface area contributed by atoms with Crippen LogP contribution >= 0.6 is 23.2 Å². The predicted octanol–water partition coefficient (Wildman–Crippen LogP) is 4.51. The van der Waals surface area contributed by atoms with E-state index in [1.165, 1.54) is 6.07 Å². The van der Waals surface area contributed by atoms with E-state index in [2.05, 4.69) is 15.1 Å². The molecule has 2 N–H and O–H groups in total. The molecule has 4 rings (SSSR count). The monoisotopic (exact) mass is 415 g/mol. The van der Waals surface area contributed by atoms with Crippen LogP contribution in [0.15, 0.2) is 54.9 Å². The summed E-state index contributed by atoms with van der Waals surface area (Å²) in [4.78, 5) is 7.13. The first-order chi connectivity index (χ1) is 13.3. The minimum absolute atomic E-state index is 0.0306. The van der Waals surface area contributed by atoms with Crippen molar-refractivity contribution < 1.29 is 4.39 Å². The molecule has 0 spiro atoms. The lowest BCUT2D eigenvalue weighted by Gasteiger charge is -2.24. The van der Waals surface area contributed by atoms with Gasteiger partial charge in [0.2, 0.25) is 0 Å². The van der Waals surface area contributed by atoms with Gasteiger partial charge in [-0.25, -0.2) is 9.07 Å². The minimum atomic E-state index is -1.48. The zero-order valence-corrected chi connectivity index (χ0v) is 16.4. The molecule has 8 heteroatoms. The number of fused-ring (bicyclic) bond motifs is 1. The summed E-state index contributed by atoms with van der Waals surface area (Å²) in [5.74, 6) is -0.460. The van der Waals surface area contributed by atoms with Crippen molar-refractivity contribution in [1.82, 2.24) is 19.7 Å². The fourth-order valence-corrected chi connectivity index (χ4v) is 3.58. The fraction of sp³-hybridized carbons (Fsp3) is 0.150. The molecular weight excluding hydrogens is 400 g/mol. The average molecular weight is 416 g/mol. The lowest BCUT2D eigenvalue weighted by atomic mass is 10.0. The Morgan fingerprint density at radius 3 is 2.86 bits per heavy atom. The average Bonchev–Trinajstić information content (AvgIpc) is 3.07. The first-order valence-electron chi connectivity index (χ1n) is 8.54. The predicted molar refractivity (Wildman–Crippen MR) is 108 cm³/mol. The SMILES string of the molecule is Cc1ccc(F)c(C[C@](N)(Cl)c2ncccc2-n2ncc3cc(Cl)ccc32)n1. The summed E-state index contributed by atoms with van der Waals surface area (Å²) < 4.78 is 15.9. The van der Waals surface area contributed by atoms with Crippen LogP contribution in [0.5, 0.6) is 0 Å². The highest BCUT2D eigenvalue weighted by atomic mass is 35.5. The maximum atomic E-state index is 14.2. The Kier molecular flexibility index (Phi) is 4.79. The van der Waals surface area contributed by atoms with Crippen molar-refractivity contribution in [1.29, 1.82) is 0 Å². The molecule has 0 aliphatic heterocycles. The number of nitrogens with two attached hydrogens (primary N) is 1. The maximum absolute atomic E-state index is 14.2. The van der Waals surface area contributed by atoms with Crippen LogP contribution in [0.25, 0.3) is 16.6 Å². The highest BCUT2D eigenvalue weighted by molar-refractivity contribution is 6.31. The smallest absolute Gasteiger partial charge is 0.144 e. The molecule has 142 valence electrons. The van der Waals surface area contributed by atoms with E-state index in [9.17, 15) is 4.39 Å². The van der Waals surface area contributed by atoms with Gasteiger partial charge in [0.25, 0.3) is 0 Å². The third-order valence-electron chi connectivity index (χ3n) is 4.42. The highest BCUT2D eigenvalue weighted by Gasteiger charge is 2.32. The van der Waals surface area contributed by atoms with E-state index in [4.69, 9.17) is 28.9 Å². The van der Waals surface area contributed by atoms with Crippen LogP contribution in [0, 0.1) is 12.7 Å². The second-order valence-electron chi connectivity index (χ2n) is 6.55. The number of alkyl halides is 1. The number of nitrogens with zero attached hydrogens (tertiary/aromatic N) is 4. The maximum Gasteiger partial charge on any atom is 0.144 e. The molecule has 1 atom stereocenters. The third-order valence-corrected chi connectivity index (χ3v) is 4.97. The zero-order valence-electron chi connectivity index (χ0n) is 14.9. The van der Waals surface area contributed by atoms with Gasteiger partial charge in [-0.15, -0.1) is 0 Å². The molecule has 4 aromatic rings. The van der Waals surface area contributed by atoms with Crippen molar-refractivity contribution in [3.05, 3.63) is 82.8 Å². The molecule has 3 heterocycles. The Morgan fingerprint density at radius 1 is 1.21 bits per heavy atom. The van der Waals surface area contributed by atoms with E-state index in [1.54, 1.807) is 42.2 Å². The number of aromatic nitrogens is 4. The van der Waals surface area contributed by atoms with E-state index in [1.807, 2.05) is 18.2 Å². The van der Waals surface area contributed by atoms with Crippen LogP contribution in [0.4, 0.5) is 4.39 Å². The second-order valence-corrected chi connectivity index (χ2v) is 7.66. The Hall–Kier alpha value is -2.54. The van der Waals surface area contributed by atoms with Crippen LogP contribution < -0.4 is 5.73 Å². The van der Waals surface area contributed by atoms with Gasteiger partial charge in [-0.3, -0.25) is 9.97 Å². The quantitative estimate of drug-likeness (QED) is 0.393. The fourth-order valence-electron chi connectivity index (χ4n) is 3.13. The number of hydrogen-bond donors (Lipinski definition) is 1. The number of halogens is 3. The summed E-state index contributed by atoms with van der Waals surface area (Å²) >= 11 is 12.7. The van der Waals surface area contributed by atoms with Gasteiger partial charge in [-0.2, -0.15) is 5.10 Å². The second kappa shape index (κ2) is 7.13. The lowest BCUT2D eigenvalue weighted by molar-refractivity contribution is 0.545. The van der Waals surface area contributed by atoms with Crippen molar-refractivity contribution in [2.75, 3.05) is 0 Å². The molecule has 0 radical (unpaired) electrons. The molecule has 0 unspecified atom stereocenters. The highest BCUT2D eigenvalue weighted by Crippen LogP contribution is 2.32. The van der Waals surface area contributed by atoms with E-state index in [0.29, 0.717) is 22.1 Å². The molecule has 1 aromatic carbocycles. The lowest BCUT2D eigenvalue weighted by Crippen LogP contribution is -2.36. The largest absolute Gasteiger partial charge is 0.307 e. The molecule has 0 amide bonds. The van der Waals surface area contributed by atoms with Gasteiger partial charge in [0.1, 0.15) is 16.5 Å². The van der Waals surface area contributed by atoms with Crippen molar-refractivity contribution in [3.63, 3.8) is 0 Å². The van der Waals surface area contributed by atoms with E-state index >= 15 is 0 Å². The third kappa shape index (κ3) is 3.46. The van der Waals surface area contributed by atoms with Crippen LogP contribution in [0.2, 0.25) is 5.02 Å². The number of benzene rings is 1. The molecule has 0 fully saturated rings.